The number of nitrogens with one attached hydrogen (secondary N) is 2. The number of imidazole rings is 1. The Balaban J connectivity index is 1.48. The zero-order valence-corrected chi connectivity index (χ0v) is 17.3. The van der Waals surface area contributed by atoms with Gasteiger partial charge in [0.1, 0.15) is 10.5 Å². The van der Waals surface area contributed by atoms with Gasteiger partial charge in [-0.05, 0) is 17.7 Å². The number of aliphatic imine (C=N–C) groups is 1. The van der Waals surface area contributed by atoms with Crippen LogP contribution < -0.4 is 10.1 Å². The van der Waals surface area contributed by atoms with E-state index in [1.165, 1.54) is 31.3 Å². The third kappa shape index (κ3) is 4.98. The number of H-pyrrole nitrogens is 1. The third-order valence-electron chi connectivity index (χ3n) is 4.17. The van der Waals surface area contributed by atoms with E-state index < -0.39 is 0 Å². The van der Waals surface area contributed by atoms with Gasteiger partial charge >= 0.3 is 0 Å². The van der Waals surface area contributed by atoms with Crippen molar-refractivity contribution >= 4 is 46.7 Å². The minimum absolute atomic E-state index is 0.00100. The fourth-order valence-corrected chi connectivity index (χ4v) is 3.50. The number of carbonyl (C=O) groups is 1. The maximum atomic E-state index is 12.4. The van der Waals surface area contributed by atoms with Crippen molar-refractivity contribution in [3.05, 3.63) is 60.4 Å². The molecule has 4 aromatic rings. The second kappa shape index (κ2) is 9.26. The van der Waals surface area contributed by atoms with E-state index in [-0.39, 0.29) is 29.1 Å². The molecule has 0 atom stereocenters. The molecular formula is C21H18N6O3S. The molecule has 3 N–H and O–H groups in total. The van der Waals surface area contributed by atoms with Gasteiger partial charge in [0.15, 0.2) is 17.1 Å². The molecule has 9 nitrogen and oxygen atoms in total. The maximum Gasteiger partial charge on any atom is 0.252 e. The van der Waals surface area contributed by atoms with Crippen LogP contribution in [0.4, 0.5) is 11.6 Å². The largest absolute Gasteiger partial charge is 0.504 e. The van der Waals surface area contributed by atoms with Gasteiger partial charge in [0.05, 0.1) is 19.2 Å². The number of methoxy groups -OCH3 is 1. The summed E-state index contributed by atoms with van der Waals surface area (Å²) in [5, 5.41) is 13.0. The fourth-order valence-electron chi connectivity index (χ4n) is 2.72. The van der Waals surface area contributed by atoms with Gasteiger partial charge in [-0.15, -0.1) is 0 Å². The van der Waals surface area contributed by atoms with E-state index in [0.29, 0.717) is 21.9 Å². The molecule has 4 rings (SSSR count). The lowest BCUT2D eigenvalue weighted by molar-refractivity contribution is -0.113. The number of thioether (sulfide) groups is 1. The smallest absolute Gasteiger partial charge is 0.252 e. The number of rotatable bonds is 7. The summed E-state index contributed by atoms with van der Waals surface area (Å²) < 4.78 is 5.06. The van der Waals surface area contributed by atoms with E-state index in [2.05, 4.69) is 30.2 Å². The molecule has 0 aliphatic rings. The number of benzene rings is 2. The first-order valence-corrected chi connectivity index (χ1v) is 10.2. The second-order valence-corrected chi connectivity index (χ2v) is 7.29. The Morgan fingerprint density at radius 2 is 2.10 bits per heavy atom. The number of ether oxygens (including phenoxy) is 1. The zero-order chi connectivity index (χ0) is 21.6. The summed E-state index contributed by atoms with van der Waals surface area (Å²) in [6.07, 6.45) is 3.20. The summed E-state index contributed by atoms with van der Waals surface area (Å²) in [4.78, 5) is 32.7. The number of aromatic hydroxyl groups is 1. The number of carbonyl (C=O) groups excluding carboxylic acids is 1. The van der Waals surface area contributed by atoms with Gasteiger partial charge in [0, 0.05) is 18.0 Å². The molecule has 2 aromatic heterocycles. The van der Waals surface area contributed by atoms with Gasteiger partial charge in [-0.2, -0.15) is 4.98 Å². The van der Waals surface area contributed by atoms with Crippen LogP contribution in [0.3, 0.4) is 0 Å². The molecule has 0 saturated heterocycles. The van der Waals surface area contributed by atoms with Crippen molar-refractivity contribution in [3.8, 4) is 11.5 Å². The van der Waals surface area contributed by atoms with E-state index >= 15 is 0 Å². The number of fused-ring (bicyclic) bond motifs is 1. The minimum atomic E-state index is -0.238. The third-order valence-corrected chi connectivity index (χ3v) is 5.15. The number of amides is 1. The van der Waals surface area contributed by atoms with E-state index in [1.807, 2.05) is 30.3 Å². The van der Waals surface area contributed by atoms with E-state index in [9.17, 15) is 9.90 Å². The number of aromatic nitrogens is 4. The molecule has 0 unspecified atom stereocenters. The molecule has 0 radical (unpaired) electrons. The van der Waals surface area contributed by atoms with Crippen LogP contribution in [0.25, 0.3) is 11.2 Å². The van der Waals surface area contributed by atoms with Crippen molar-refractivity contribution in [2.75, 3.05) is 18.2 Å². The summed E-state index contributed by atoms with van der Waals surface area (Å²) in [7, 11) is 1.44. The fraction of sp³-hybridized carbons (Fsp3) is 0.0952. The Bertz CT molecular complexity index is 1240. The molecule has 31 heavy (non-hydrogen) atoms. The molecule has 2 heterocycles. The van der Waals surface area contributed by atoms with Crippen molar-refractivity contribution in [3.63, 3.8) is 0 Å². The lowest BCUT2D eigenvalue weighted by Gasteiger charge is -2.08. The quantitative estimate of drug-likeness (QED) is 0.176. The Labute approximate surface area is 181 Å². The second-order valence-electron chi connectivity index (χ2n) is 6.32. The topological polar surface area (TPSA) is 125 Å². The van der Waals surface area contributed by atoms with Crippen LogP contribution in [-0.2, 0) is 4.79 Å². The molecule has 156 valence electrons. The van der Waals surface area contributed by atoms with Crippen molar-refractivity contribution < 1.29 is 14.6 Å². The van der Waals surface area contributed by atoms with Crippen LogP contribution in [0, 0.1) is 0 Å². The van der Waals surface area contributed by atoms with Crippen LogP contribution in [0.5, 0.6) is 11.5 Å². The number of phenolic OH excluding ortho intramolecular Hbond substituents is 1. The average molecular weight is 434 g/mol. The van der Waals surface area contributed by atoms with Gasteiger partial charge in [0.25, 0.3) is 5.95 Å². The number of anilines is 1. The van der Waals surface area contributed by atoms with Crippen molar-refractivity contribution in [1.82, 2.24) is 19.9 Å². The first-order chi connectivity index (χ1) is 15.1. The summed E-state index contributed by atoms with van der Waals surface area (Å²) in [5.41, 5.74) is 2.55. The molecule has 0 spiro atoms. The molecule has 0 bridgehead atoms. The Morgan fingerprint density at radius 1 is 1.26 bits per heavy atom. The van der Waals surface area contributed by atoms with Crippen molar-refractivity contribution in [1.29, 1.82) is 0 Å². The normalized spacial score (nSPS) is 11.1. The molecular weight excluding hydrogens is 416 g/mol. The Hall–Kier alpha value is -3.92. The highest BCUT2D eigenvalue weighted by molar-refractivity contribution is 8.00. The number of hydrogen-bond donors (Lipinski definition) is 3. The number of nitrogens with zero attached hydrogens (tertiary/aromatic N) is 4. The van der Waals surface area contributed by atoms with Crippen LogP contribution in [0.15, 0.2) is 64.9 Å². The monoisotopic (exact) mass is 434 g/mol. The van der Waals surface area contributed by atoms with Crippen molar-refractivity contribution in [2.24, 2.45) is 4.99 Å². The van der Waals surface area contributed by atoms with Gasteiger partial charge < -0.3 is 20.1 Å². The van der Waals surface area contributed by atoms with Gasteiger partial charge in [0.2, 0.25) is 5.91 Å². The molecule has 0 fully saturated rings. The lowest BCUT2D eigenvalue weighted by Crippen LogP contribution is -2.14. The van der Waals surface area contributed by atoms with Crippen molar-refractivity contribution in [2.45, 2.75) is 5.03 Å². The maximum absolute atomic E-state index is 12.4. The number of phenols is 1. The Kier molecular flexibility index (Phi) is 6.08. The lowest BCUT2D eigenvalue weighted by atomic mass is 10.2. The van der Waals surface area contributed by atoms with Gasteiger partial charge in [-0.25, -0.2) is 15.0 Å². The summed E-state index contributed by atoms with van der Waals surface area (Å²) >= 11 is 1.24. The molecule has 0 aliphatic carbocycles. The van der Waals surface area contributed by atoms with E-state index in [0.717, 1.165) is 5.56 Å². The summed E-state index contributed by atoms with van der Waals surface area (Å²) in [6, 6.07) is 14.2. The highest BCUT2D eigenvalue weighted by Gasteiger charge is 2.13. The molecule has 1 amide bonds. The van der Waals surface area contributed by atoms with Gasteiger partial charge in [-0.3, -0.25) is 4.79 Å². The van der Waals surface area contributed by atoms with Crippen LogP contribution in [0.1, 0.15) is 5.56 Å². The van der Waals surface area contributed by atoms with E-state index in [4.69, 9.17) is 4.74 Å². The average Bonchev–Trinajstić information content (AvgIpc) is 3.27. The first kappa shape index (κ1) is 20.4. The highest BCUT2D eigenvalue weighted by atomic mass is 32.2. The first-order valence-electron chi connectivity index (χ1n) is 9.22. The molecule has 10 heteroatoms. The van der Waals surface area contributed by atoms with Crippen LogP contribution in [-0.4, -0.2) is 50.0 Å². The van der Waals surface area contributed by atoms with Crippen LogP contribution >= 0.6 is 11.8 Å². The predicted molar refractivity (Wildman–Crippen MR) is 119 cm³/mol. The summed E-state index contributed by atoms with van der Waals surface area (Å²) in [6.45, 7) is 0. The minimum Gasteiger partial charge on any atom is -0.504 e. The van der Waals surface area contributed by atoms with Gasteiger partial charge in [-0.1, -0.05) is 42.1 Å². The van der Waals surface area contributed by atoms with E-state index in [1.54, 1.807) is 18.3 Å². The summed E-state index contributed by atoms with van der Waals surface area (Å²) in [5.74, 6) is 0.409. The molecule has 0 saturated carbocycles. The van der Waals surface area contributed by atoms with Crippen LogP contribution in [0.2, 0.25) is 0 Å². The molecule has 2 aromatic carbocycles. The predicted octanol–water partition coefficient (Wildman–Crippen LogP) is 3.55. The number of hydrogen-bond acceptors (Lipinski definition) is 8. The highest BCUT2D eigenvalue weighted by Crippen LogP contribution is 2.29. The number of aromatic amines is 1. The standard InChI is InChI=1S/C21H18N6O3S/c1-30-16-9-14(7-8-15(16)28)25-17(29)11-31-20-18-19(24-12-23-18)26-21(27-20)22-10-13-5-3-2-4-6-13/h2-10,12,28H,11H2,1H3,(H,25,29)(H,23,24,26,27)/b22-10+. The zero-order valence-electron chi connectivity index (χ0n) is 16.4. The Morgan fingerprint density at radius 3 is 2.90 bits per heavy atom. The molecule has 0 aliphatic heterocycles. The SMILES string of the molecule is COc1cc(NC(=O)CSc2nc(/N=C/c3ccccc3)nc3nc[nH]c23)ccc1O.